The first-order valence-corrected chi connectivity index (χ1v) is 6.17. The SMILES string of the molecule is Cc1ccc(NC(=O)NCc2ccccc2C)cn1. The van der Waals surface area contributed by atoms with E-state index in [1.807, 2.05) is 50.2 Å². The fourth-order valence-corrected chi connectivity index (χ4v) is 1.70. The molecule has 0 radical (unpaired) electrons. The minimum atomic E-state index is -0.228. The van der Waals surface area contributed by atoms with E-state index < -0.39 is 0 Å². The summed E-state index contributed by atoms with van der Waals surface area (Å²) in [5, 5.41) is 5.57. The molecule has 2 rings (SSSR count). The van der Waals surface area contributed by atoms with Gasteiger partial charge in [-0.15, -0.1) is 0 Å². The van der Waals surface area contributed by atoms with Crippen molar-refractivity contribution < 1.29 is 4.79 Å². The average Bonchev–Trinajstić information content (AvgIpc) is 2.40. The lowest BCUT2D eigenvalue weighted by atomic mass is 10.1. The molecule has 1 aromatic carbocycles. The third kappa shape index (κ3) is 3.81. The standard InChI is InChI=1S/C15H17N3O/c1-11-5-3-4-6-13(11)9-17-15(19)18-14-8-7-12(2)16-10-14/h3-8,10H,9H2,1-2H3,(H2,17,18,19). The number of carbonyl (C=O) groups is 1. The Hall–Kier alpha value is -2.36. The second kappa shape index (κ2) is 6.00. The van der Waals surface area contributed by atoms with Gasteiger partial charge in [-0.3, -0.25) is 4.98 Å². The van der Waals surface area contributed by atoms with Crippen LogP contribution in [0.4, 0.5) is 10.5 Å². The molecular formula is C15H17N3O. The number of carbonyl (C=O) groups excluding carboxylic acids is 1. The van der Waals surface area contributed by atoms with Crippen LogP contribution in [0.15, 0.2) is 42.6 Å². The van der Waals surface area contributed by atoms with Crippen molar-refractivity contribution in [3.63, 3.8) is 0 Å². The number of anilines is 1. The number of aromatic nitrogens is 1. The maximum absolute atomic E-state index is 11.7. The van der Waals surface area contributed by atoms with Crippen molar-refractivity contribution in [3.8, 4) is 0 Å². The molecule has 0 fully saturated rings. The summed E-state index contributed by atoms with van der Waals surface area (Å²) in [6, 6.07) is 11.4. The molecule has 0 bridgehead atoms. The Morgan fingerprint density at radius 1 is 1.16 bits per heavy atom. The third-order valence-electron chi connectivity index (χ3n) is 2.87. The molecule has 0 saturated carbocycles. The molecule has 1 aromatic heterocycles. The molecule has 19 heavy (non-hydrogen) atoms. The molecule has 4 heteroatoms. The van der Waals surface area contributed by atoms with Crippen LogP contribution in [0.25, 0.3) is 0 Å². The summed E-state index contributed by atoms with van der Waals surface area (Å²) in [5.41, 5.74) is 3.89. The minimum absolute atomic E-state index is 0.228. The molecular weight excluding hydrogens is 238 g/mol. The van der Waals surface area contributed by atoms with Gasteiger partial charge in [0.2, 0.25) is 0 Å². The van der Waals surface area contributed by atoms with Crippen LogP contribution in [0.5, 0.6) is 0 Å². The summed E-state index contributed by atoms with van der Waals surface area (Å²) < 4.78 is 0. The Bertz CT molecular complexity index is 564. The molecule has 2 N–H and O–H groups in total. The Morgan fingerprint density at radius 2 is 1.95 bits per heavy atom. The topological polar surface area (TPSA) is 54.0 Å². The summed E-state index contributed by atoms with van der Waals surface area (Å²) >= 11 is 0. The number of hydrogen-bond acceptors (Lipinski definition) is 2. The van der Waals surface area contributed by atoms with E-state index in [1.54, 1.807) is 6.20 Å². The van der Waals surface area contributed by atoms with Crippen LogP contribution in [0.2, 0.25) is 0 Å². The Labute approximate surface area is 112 Å². The van der Waals surface area contributed by atoms with Gasteiger partial charge >= 0.3 is 6.03 Å². The number of hydrogen-bond donors (Lipinski definition) is 2. The quantitative estimate of drug-likeness (QED) is 0.885. The molecule has 0 spiro atoms. The molecule has 1 heterocycles. The van der Waals surface area contributed by atoms with Crippen molar-refractivity contribution in [1.29, 1.82) is 0 Å². The number of aryl methyl sites for hydroxylation is 2. The van der Waals surface area contributed by atoms with E-state index in [-0.39, 0.29) is 6.03 Å². The van der Waals surface area contributed by atoms with Gasteiger partial charge in [-0.1, -0.05) is 24.3 Å². The van der Waals surface area contributed by atoms with Gasteiger partial charge in [0.15, 0.2) is 0 Å². The summed E-state index contributed by atoms with van der Waals surface area (Å²) in [4.78, 5) is 15.9. The first kappa shape index (κ1) is 13.1. The van der Waals surface area contributed by atoms with Gasteiger partial charge in [0.25, 0.3) is 0 Å². The van der Waals surface area contributed by atoms with E-state index in [0.29, 0.717) is 12.2 Å². The molecule has 2 amide bonds. The van der Waals surface area contributed by atoms with E-state index in [2.05, 4.69) is 15.6 Å². The van der Waals surface area contributed by atoms with Crippen LogP contribution < -0.4 is 10.6 Å². The zero-order valence-corrected chi connectivity index (χ0v) is 11.1. The third-order valence-corrected chi connectivity index (χ3v) is 2.87. The summed E-state index contributed by atoms with van der Waals surface area (Å²) in [6.07, 6.45) is 1.64. The zero-order chi connectivity index (χ0) is 13.7. The van der Waals surface area contributed by atoms with E-state index in [0.717, 1.165) is 11.3 Å². The zero-order valence-electron chi connectivity index (χ0n) is 11.1. The van der Waals surface area contributed by atoms with Gasteiger partial charge in [0.05, 0.1) is 11.9 Å². The lowest BCUT2D eigenvalue weighted by molar-refractivity contribution is 0.251. The number of pyridine rings is 1. The Morgan fingerprint density at radius 3 is 2.63 bits per heavy atom. The molecule has 0 atom stereocenters. The minimum Gasteiger partial charge on any atom is -0.334 e. The van der Waals surface area contributed by atoms with Crippen LogP contribution in [0.3, 0.4) is 0 Å². The first-order chi connectivity index (χ1) is 9.15. The predicted octanol–water partition coefficient (Wildman–Crippen LogP) is 3.02. The van der Waals surface area contributed by atoms with Crippen molar-refractivity contribution in [2.24, 2.45) is 0 Å². The van der Waals surface area contributed by atoms with E-state index in [9.17, 15) is 4.79 Å². The number of nitrogens with zero attached hydrogens (tertiary/aromatic N) is 1. The first-order valence-electron chi connectivity index (χ1n) is 6.17. The van der Waals surface area contributed by atoms with Gasteiger partial charge in [-0.05, 0) is 37.1 Å². The number of nitrogens with one attached hydrogen (secondary N) is 2. The lowest BCUT2D eigenvalue weighted by Gasteiger charge is -2.09. The Kier molecular flexibility index (Phi) is 4.13. The molecule has 0 saturated heterocycles. The van der Waals surface area contributed by atoms with Crippen LogP contribution in [0.1, 0.15) is 16.8 Å². The highest BCUT2D eigenvalue weighted by atomic mass is 16.2. The van der Waals surface area contributed by atoms with Crippen molar-refractivity contribution in [1.82, 2.24) is 10.3 Å². The maximum Gasteiger partial charge on any atom is 0.319 e. The highest BCUT2D eigenvalue weighted by molar-refractivity contribution is 5.88. The number of benzene rings is 1. The second-order valence-electron chi connectivity index (χ2n) is 4.42. The van der Waals surface area contributed by atoms with E-state index >= 15 is 0 Å². The van der Waals surface area contributed by atoms with Crippen molar-refractivity contribution in [3.05, 3.63) is 59.4 Å². The highest BCUT2D eigenvalue weighted by Gasteiger charge is 2.03. The van der Waals surface area contributed by atoms with Crippen molar-refractivity contribution in [2.75, 3.05) is 5.32 Å². The largest absolute Gasteiger partial charge is 0.334 e. The molecule has 0 unspecified atom stereocenters. The van der Waals surface area contributed by atoms with Gasteiger partial charge in [-0.25, -0.2) is 4.79 Å². The predicted molar refractivity (Wildman–Crippen MR) is 76.0 cm³/mol. The van der Waals surface area contributed by atoms with Crippen LogP contribution >= 0.6 is 0 Å². The molecule has 0 aliphatic carbocycles. The number of amides is 2. The second-order valence-corrected chi connectivity index (χ2v) is 4.42. The maximum atomic E-state index is 11.7. The molecule has 2 aromatic rings. The summed E-state index contributed by atoms with van der Waals surface area (Å²) in [6.45, 7) is 4.44. The number of rotatable bonds is 3. The van der Waals surface area contributed by atoms with Crippen molar-refractivity contribution >= 4 is 11.7 Å². The number of urea groups is 1. The normalized spacial score (nSPS) is 10.0. The molecule has 0 aliphatic heterocycles. The van der Waals surface area contributed by atoms with Gasteiger partial charge < -0.3 is 10.6 Å². The fourth-order valence-electron chi connectivity index (χ4n) is 1.70. The van der Waals surface area contributed by atoms with Crippen LogP contribution in [-0.4, -0.2) is 11.0 Å². The molecule has 0 aliphatic rings. The van der Waals surface area contributed by atoms with Gasteiger partial charge in [0, 0.05) is 12.2 Å². The van der Waals surface area contributed by atoms with E-state index in [4.69, 9.17) is 0 Å². The van der Waals surface area contributed by atoms with Gasteiger partial charge in [-0.2, -0.15) is 0 Å². The highest BCUT2D eigenvalue weighted by Crippen LogP contribution is 2.07. The lowest BCUT2D eigenvalue weighted by Crippen LogP contribution is -2.28. The Balaban J connectivity index is 1.88. The monoisotopic (exact) mass is 255 g/mol. The summed E-state index contributed by atoms with van der Waals surface area (Å²) in [7, 11) is 0. The smallest absolute Gasteiger partial charge is 0.319 e. The summed E-state index contributed by atoms with van der Waals surface area (Å²) in [5.74, 6) is 0. The molecule has 4 nitrogen and oxygen atoms in total. The van der Waals surface area contributed by atoms with Crippen LogP contribution in [-0.2, 0) is 6.54 Å². The molecule has 98 valence electrons. The van der Waals surface area contributed by atoms with Crippen LogP contribution in [0, 0.1) is 13.8 Å². The average molecular weight is 255 g/mol. The van der Waals surface area contributed by atoms with E-state index in [1.165, 1.54) is 5.56 Å². The fraction of sp³-hybridized carbons (Fsp3) is 0.200. The van der Waals surface area contributed by atoms with Gasteiger partial charge in [0.1, 0.15) is 0 Å². The van der Waals surface area contributed by atoms with Crippen molar-refractivity contribution in [2.45, 2.75) is 20.4 Å².